The standard InChI is InChI=1S/C22H18F4N6O2/c1-11-8-15(23)21(2)18-17(11)33-7-6-31(18)10-14-16(28-30-32(14)21)20-27-19(29-34-20)12-4-3-5-13(9-12)22(24,25)26/h3-5,8-9,11H,6-7,10H2,1-2H3. The Kier molecular flexibility index (Phi) is 4.24. The zero-order valence-electron chi connectivity index (χ0n) is 18.1. The molecule has 0 radical (unpaired) electrons. The highest BCUT2D eigenvalue weighted by Gasteiger charge is 2.52. The quantitative estimate of drug-likeness (QED) is 0.513. The first-order valence-electron chi connectivity index (χ1n) is 10.6. The van der Waals surface area contributed by atoms with E-state index in [1.54, 1.807) is 6.92 Å². The van der Waals surface area contributed by atoms with E-state index in [4.69, 9.17) is 9.26 Å². The summed E-state index contributed by atoms with van der Waals surface area (Å²) in [6, 6.07) is 4.65. The lowest BCUT2D eigenvalue weighted by Crippen LogP contribution is -2.52. The predicted molar refractivity (Wildman–Crippen MR) is 109 cm³/mol. The van der Waals surface area contributed by atoms with Gasteiger partial charge in [0.1, 0.15) is 18.2 Å². The predicted octanol–water partition coefficient (Wildman–Crippen LogP) is 4.29. The van der Waals surface area contributed by atoms with E-state index in [-0.39, 0.29) is 34.7 Å². The van der Waals surface area contributed by atoms with Crippen LogP contribution in [-0.2, 0) is 23.0 Å². The summed E-state index contributed by atoms with van der Waals surface area (Å²) in [5.74, 6) is 0.106. The Balaban J connectivity index is 1.43. The Bertz CT molecular complexity index is 1370. The number of rotatable bonds is 2. The first kappa shape index (κ1) is 20.9. The molecule has 34 heavy (non-hydrogen) atoms. The molecule has 0 amide bonds. The average molecular weight is 474 g/mol. The van der Waals surface area contributed by atoms with Gasteiger partial charge in [-0.15, -0.1) is 5.10 Å². The largest absolute Gasteiger partial charge is 0.494 e. The first-order valence-corrected chi connectivity index (χ1v) is 10.6. The minimum atomic E-state index is -4.50. The molecule has 3 aliphatic rings. The summed E-state index contributed by atoms with van der Waals surface area (Å²) in [5.41, 5.74) is -0.385. The third kappa shape index (κ3) is 2.83. The van der Waals surface area contributed by atoms with Gasteiger partial charge >= 0.3 is 6.18 Å². The molecular weight excluding hydrogens is 456 g/mol. The monoisotopic (exact) mass is 474 g/mol. The van der Waals surface area contributed by atoms with Crippen molar-refractivity contribution in [1.82, 2.24) is 30.0 Å². The summed E-state index contributed by atoms with van der Waals surface area (Å²) in [5, 5.41) is 12.2. The van der Waals surface area contributed by atoms with Gasteiger partial charge in [0.2, 0.25) is 5.82 Å². The van der Waals surface area contributed by atoms with Gasteiger partial charge in [-0.1, -0.05) is 29.4 Å². The van der Waals surface area contributed by atoms with E-state index in [0.717, 1.165) is 12.1 Å². The molecule has 4 heterocycles. The molecule has 3 aromatic rings. The van der Waals surface area contributed by atoms with Gasteiger partial charge in [-0.05, 0) is 25.1 Å². The SMILES string of the molecule is CC1C=C(F)C2(C)C3=C1OCCN3Cc1c(-c3nc(-c4cccc(C(F)(F)F)c4)no3)nnn12. The lowest BCUT2D eigenvalue weighted by molar-refractivity contribution is -0.137. The second-order valence-electron chi connectivity index (χ2n) is 8.66. The normalized spacial score (nSPS) is 23.9. The Hall–Kier alpha value is -3.70. The number of allylic oxidation sites excluding steroid dienone is 2. The topological polar surface area (TPSA) is 82.1 Å². The molecule has 1 aromatic carbocycles. The van der Waals surface area contributed by atoms with Crippen molar-refractivity contribution in [2.45, 2.75) is 32.1 Å². The van der Waals surface area contributed by atoms with E-state index >= 15 is 4.39 Å². The van der Waals surface area contributed by atoms with Crippen LogP contribution in [0.5, 0.6) is 0 Å². The van der Waals surface area contributed by atoms with Gasteiger partial charge in [-0.3, -0.25) is 0 Å². The van der Waals surface area contributed by atoms with Crippen LogP contribution in [0.2, 0.25) is 0 Å². The summed E-state index contributed by atoms with van der Waals surface area (Å²) in [6.45, 7) is 4.97. The van der Waals surface area contributed by atoms with Crippen LogP contribution in [0.3, 0.4) is 0 Å². The van der Waals surface area contributed by atoms with E-state index in [0.29, 0.717) is 36.8 Å². The number of fused-ring (bicyclic) bond motifs is 2. The lowest BCUT2D eigenvalue weighted by Gasteiger charge is -2.49. The third-order valence-electron chi connectivity index (χ3n) is 6.51. The number of hydrogen-bond acceptors (Lipinski definition) is 7. The summed E-state index contributed by atoms with van der Waals surface area (Å²) in [7, 11) is 0. The Morgan fingerprint density at radius 2 is 2.06 bits per heavy atom. The van der Waals surface area contributed by atoms with Crippen molar-refractivity contribution in [3.63, 3.8) is 0 Å². The molecule has 2 aliphatic heterocycles. The average Bonchev–Trinajstić information content (AvgIpc) is 3.45. The molecule has 176 valence electrons. The number of benzene rings is 1. The smallest absolute Gasteiger partial charge is 0.416 e. The maximum absolute atomic E-state index is 15.4. The van der Waals surface area contributed by atoms with Crippen molar-refractivity contribution in [3.8, 4) is 23.0 Å². The van der Waals surface area contributed by atoms with E-state index in [2.05, 4.69) is 20.5 Å². The second-order valence-corrected chi connectivity index (χ2v) is 8.66. The zero-order chi connectivity index (χ0) is 23.8. The van der Waals surface area contributed by atoms with Crippen molar-refractivity contribution in [2.24, 2.45) is 5.92 Å². The minimum absolute atomic E-state index is 0.00765. The van der Waals surface area contributed by atoms with Crippen LogP contribution < -0.4 is 0 Å². The highest BCUT2D eigenvalue weighted by atomic mass is 19.4. The van der Waals surface area contributed by atoms with Crippen molar-refractivity contribution >= 4 is 0 Å². The summed E-state index contributed by atoms with van der Waals surface area (Å²) >= 11 is 0. The van der Waals surface area contributed by atoms with Crippen LogP contribution in [0.1, 0.15) is 25.1 Å². The van der Waals surface area contributed by atoms with E-state index in [9.17, 15) is 13.2 Å². The van der Waals surface area contributed by atoms with Crippen LogP contribution >= 0.6 is 0 Å². The molecule has 0 fully saturated rings. The Morgan fingerprint density at radius 1 is 1.24 bits per heavy atom. The Labute approximate surface area is 190 Å². The van der Waals surface area contributed by atoms with E-state index in [1.165, 1.54) is 22.9 Å². The van der Waals surface area contributed by atoms with Crippen molar-refractivity contribution < 1.29 is 26.8 Å². The fourth-order valence-corrected chi connectivity index (χ4v) is 4.85. The first-order chi connectivity index (χ1) is 16.2. The minimum Gasteiger partial charge on any atom is -0.494 e. The van der Waals surface area contributed by atoms with Gasteiger partial charge in [-0.2, -0.15) is 18.2 Å². The fourth-order valence-electron chi connectivity index (χ4n) is 4.85. The number of hydrogen-bond donors (Lipinski definition) is 0. The summed E-state index contributed by atoms with van der Waals surface area (Å²) in [4.78, 5) is 6.30. The molecule has 8 nitrogen and oxygen atoms in total. The third-order valence-corrected chi connectivity index (χ3v) is 6.51. The summed E-state index contributed by atoms with van der Waals surface area (Å²) in [6.07, 6.45) is -2.99. The molecule has 0 saturated heterocycles. The molecule has 0 bridgehead atoms. The summed E-state index contributed by atoms with van der Waals surface area (Å²) < 4.78 is 67.4. The van der Waals surface area contributed by atoms with Crippen LogP contribution in [0.15, 0.2) is 52.1 Å². The zero-order valence-corrected chi connectivity index (χ0v) is 18.1. The van der Waals surface area contributed by atoms with Gasteiger partial charge in [0.05, 0.1) is 30.0 Å². The van der Waals surface area contributed by atoms with E-state index in [1.807, 2.05) is 11.8 Å². The number of nitrogens with zero attached hydrogens (tertiary/aromatic N) is 6. The molecule has 12 heteroatoms. The molecule has 0 spiro atoms. The van der Waals surface area contributed by atoms with Crippen LogP contribution in [-0.4, -0.2) is 43.2 Å². The van der Waals surface area contributed by atoms with Crippen molar-refractivity contribution in [3.05, 3.63) is 58.9 Å². The van der Waals surface area contributed by atoms with Crippen LogP contribution in [0, 0.1) is 5.92 Å². The van der Waals surface area contributed by atoms with Crippen LogP contribution in [0.25, 0.3) is 23.0 Å². The number of ether oxygens (including phenoxy) is 1. The molecule has 1 aliphatic carbocycles. The number of aromatic nitrogens is 5. The van der Waals surface area contributed by atoms with Crippen molar-refractivity contribution in [2.75, 3.05) is 13.2 Å². The van der Waals surface area contributed by atoms with Gasteiger partial charge in [0, 0.05) is 11.5 Å². The molecule has 6 rings (SSSR count). The number of halogens is 4. The van der Waals surface area contributed by atoms with Gasteiger partial charge in [0.15, 0.2) is 11.2 Å². The fraction of sp³-hybridized carbons (Fsp3) is 0.364. The van der Waals surface area contributed by atoms with Gasteiger partial charge in [0.25, 0.3) is 5.89 Å². The molecule has 2 aromatic heterocycles. The highest BCUT2D eigenvalue weighted by molar-refractivity contribution is 5.60. The lowest BCUT2D eigenvalue weighted by atomic mass is 9.82. The van der Waals surface area contributed by atoms with Gasteiger partial charge < -0.3 is 14.2 Å². The van der Waals surface area contributed by atoms with Crippen molar-refractivity contribution in [1.29, 1.82) is 0 Å². The molecule has 2 atom stereocenters. The maximum Gasteiger partial charge on any atom is 0.416 e. The molecular formula is C22H18F4N6O2. The second kappa shape index (κ2) is 6.90. The Morgan fingerprint density at radius 3 is 2.85 bits per heavy atom. The maximum atomic E-state index is 15.4. The molecule has 0 N–H and O–H groups in total. The number of alkyl halides is 3. The highest BCUT2D eigenvalue weighted by Crippen LogP contribution is 2.50. The molecule has 2 unspecified atom stereocenters. The molecule has 0 saturated carbocycles. The van der Waals surface area contributed by atoms with Gasteiger partial charge in [-0.25, -0.2) is 9.07 Å². The van der Waals surface area contributed by atoms with E-state index < -0.39 is 17.3 Å². The van der Waals surface area contributed by atoms with Crippen LogP contribution in [0.4, 0.5) is 17.6 Å².